The molecule has 1 amide bonds. The maximum Gasteiger partial charge on any atom is 0.490 e. The van der Waals surface area contributed by atoms with Gasteiger partial charge >= 0.3 is 30.8 Å². The van der Waals surface area contributed by atoms with Crippen LogP contribution in [0.1, 0.15) is 58.5 Å². The first-order valence-corrected chi connectivity index (χ1v) is 19.5. The second-order valence-electron chi connectivity index (χ2n) is 13.5. The number of amides is 1. The van der Waals surface area contributed by atoms with Gasteiger partial charge in [0.2, 0.25) is 0 Å². The zero-order valence-electron chi connectivity index (χ0n) is 31.2. The van der Waals surface area contributed by atoms with Crippen molar-refractivity contribution in [2.75, 3.05) is 24.5 Å². The molecule has 1 N–H and O–H groups in total. The summed E-state index contributed by atoms with van der Waals surface area (Å²) >= 11 is 13.9. The topological polar surface area (TPSA) is 155 Å². The molecule has 0 spiro atoms. The van der Waals surface area contributed by atoms with Gasteiger partial charge in [0.15, 0.2) is 23.9 Å². The van der Waals surface area contributed by atoms with Gasteiger partial charge in [0.25, 0.3) is 0 Å². The number of aliphatic carboxylic acids is 1. The molecule has 59 heavy (non-hydrogen) atoms. The number of thiophene rings is 1. The first-order valence-electron chi connectivity index (χ1n) is 17.9. The second kappa shape index (κ2) is 19.8. The molecule has 0 aliphatic carbocycles. The molecule has 318 valence electrons. The number of piperidine rings is 3. The summed E-state index contributed by atoms with van der Waals surface area (Å²) in [5.74, 6) is -2.93. The SMILES string of the molecule is CC(C)Oc1cc([C@H](Cc2c(Cl)c[n+]([O-])cc2Cl)OC(=O)c2ccc(CN(C(=O)O[C@H]3CN4CCC3CC4)c3ccccn3)s2)ccc1OC(F)F.O=C(O)C(F)(F)F. The molecule has 4 aromatic rings. The summed E-state index contributed by atoms with van der Waals surface area (Å²) in [6, 6.07) is 12.8. The Kier molecular flexibility index (Phi) is 15.2. The molecule has 0 unspecified atom stereocenters. The average molecular weight is 892 g/mol. The van der Waals surface area contributed by atoms with Crippen LogP contribution in [0.3, 0.4) is 0 Å². The number of halogens is 7. The highest BCUT2D eigenvalue weighted by molar-refractivity contribution is 7.14. The molecule has 0 radical (unpaired) electrons. The number of aromatic nitrogens is 2. The number of alkyl halides is 5. The molecular formula is C38H37Cl2F5N4O9S. The molecule has 6 heterocycles. The average Bonchev–Trinajstić information content (AvgIpc) is 3.65. The van der Waals surface area contributed by atoms with Crippen molar-refractivity contribution < 1.29 is 65.1 Å². The lowest BCUT2D eigenvalue weighted by molar-refractivity contribution is -0.605. The van der Waals surface area contributed by atoms with Gasteiger partial charge in [-0.2, -0.15) is 26.7 Å². The molecule has 0 saturated carbocycles. The fraction of sp³-hybridized carbons (Fsp3) is 0.395. The maximum atomic E-state index is 13.7. The number of pyridine rings is 2. The Labute approximate surface area is 348 Å². The van der Waals surface area contributed by atoms with Crippen LogP contribution in [0, 0.1) is 11.1 Å². The Morgan fingerprint density at radius 2 is 1.71 bits per heavy atom. The number of rotatable bonds is 13. The van der Waals surface area contributed by atoms with Gasteiger partial charge in [-0.3, -0.25) is 9.80 Å². The van der Waals surface area contributed by atoms with Crippen LogP contribution in [-0.2, 0) is 27.2 Å². The van der Waals surface area contributed by atoms with E-state index >= 15 is 0 Å². The van der Waals surface area contributed by atoms with Gasteiger partial charge in [-0.15, -0.1) is 11.3 Å². The van der Waals surface area contributed by atoms with Crippen molar-refractivity contribution in [3.8, 4) is 11.5 Å². The zero-order valence-corrected chi connectivity index (χ0v) is 33.6. The van der Waals surface area contributed by atoms with Crippen molar-refractivity contribution in [1.82, 2.24) is 9.88 Å². The highest BCUT2D eigenvalue weighted by Crippen LogP contribution is 2.37. The summed E-state index contributed by atoms with van der Waals surface area (Å²) in [4.78, 5) is 45.3. The fourth-order valence-electron chi connectivity index (χ4n) is 6.31. The van der Waals surface area contributed by atoms with Crippen LogP contribution in [-0.4, -0.2) is 77.7 Å². The summed E-state index contributed by atoms with van der Waals surface area (Å²) in [5.41, 5.74) is 0.692. The minimum absolute atomic E-state index is 0.00894. The molecule has 21 heteroatoms. The van der Waals surface area contributed by atoms with Gasteiger partial charge in [-0.25, -0.2) is 19.4 Å². The van der Waals surface area contributed by atoms with E-state index in [-0.39, 0.29) is 45.5 Å². The lowest BCUT2D eigenvalue weighted by Gasteiger charge is -2.44. The summed E-state index contributed by atoms with van der Waals surface area (Å²) in [6.07, 6.45) is -1.55. The summed E-state index contributed by atoms with van der Waals surface area (Å²) in [5, 5.41) is 19.1. The summed E-state index contributed by atoms with van der Waals surface area (Å²) in [6.45, 7) is 3.15. The highest BCUT2D eigenvalue weighted by atomic mass is 35.5. The molecule has 7 rings (SSSR count). The number of fused-ring (bicyclic) bond motifs is 3. The number of carbonyl (C=O) groups excluding carboxylic acids is 2. The highest BCUT2D eigenvalue weighted by Gasteiger charge is 2.39. The first-order chi connectivity index (χ1) is 27.9. The molecular weight excluding hydrogens is 854 g/mol. The van der Waals surface area contributed by atoms with Crippen LogP contribution in [0.25, 0.3) is 0 Å². The smallest absolute Gasteiger partial charge is 0.490 e. The van der Waals surface area contributed by atoms with Crippen LogP contribution < -0.4 is 19.1 Å². The van der Waals surface area contributed by atoms with Gasteiger partial charge < -0.3 is 29.3 Å². The Morgan fingerprint density at radius 3 is 2.27 bits per heavy atom. The number of esters is 1. The van der Waals surface area contributed by atoms with E-state index < -0.39 is 43.0 Å². The second-order valence-corrected chi connectivity index (χ2v) is 15.5. The number of hydrogen-bond donors (Lipinski definition) is 1. The van der Waals surface area contributed by atoms with E-state index in [4.69, 9.17) is 47.3 Å². The number of carbonyl (C=O) groups is 3. The quantitative estimate of drug-likeness (QED) is 0.0595. The predicted octanol–water partition coefficient (Wildman–Crippen LogP) is 8.48. The van der Waals surface area contributed by atoms with Gasteiger partial charge in [-0.1, -0.05) is 35.3 Å². The fourth-order valence-corrected chi connectivity index (χ4v) is 7.79. The van der Waals surface area contributed by atoms with Crippen molar-refractivity contribution in [1.29, 1.82) is 0 Å². The molecule has 2 bridgehead atoms. The summed E-state index contributed by atoms with van der Waals surface area (Å²) < 4.78 is 81.0. The molecule has 2 atom stereocenters. The van der Waals surface area contributed by atoms with Crippen LogP contribution in [0.5, 0.6) is 11.5 Å². The van der Waals surface area contributed by atoms with Crippen LogP contribution >= 0.6 is 34.5 Å². The van der Waals surface area contributed by atoms with E-state index in [2.05, 4.69) is 14.6 Å². The number of carboxylic acid groups (broad SMARTS) is 1. The van der Waals surface area contributed by atoms with Crippen molar-refractivity contribution in [2.24, 2.45) is 5.92 Å². The zero-order chi connectivity index (χ0) is 43.0. The number of carboxylic acids is 1. The normalized spacial score (nSPS) is 17.8. The minimum atomic E-state index is -5.08. The minimum Gasteiger partial charge on any atom is -0.619 e. The first kappa shape index (κ1) is 45.1. The summed E-state index contributed by atoms with van der Waals surface area (Å²) in [7, 11) is 0. The van der Waals surface area contributed by atoms with Gasteiger partial charge in [0.05, 0.1) is 12.6 Å². The number of hydrogen-bond acceptors (Lipinski definition) is 11. The maximum absolute atomic E-state index is 13.7. The number of benzene rings is 1. The number of anilines is 1. The van der Waals surface area contributed by atoms with Gasteiger partial charge in [0, 0.05) is 29.6 Å². The predicted molar refractivity (Wildman–Crippen MR) is 204 cm³/mol. The number of ether oxygens (including phenoxy) is 4. The van der Waals surface area contributed by atoms with Crippen molar-refractivity contribution in [3.63, 3.8) is 0 Å². The lowest BCUT2D eigenvalue weighted by atomic mass is 9.86. The Balaban J connectivity index is 0.000000867. The monoisotopic (exact) mass is 890 g/mol. The third-order valence-corrected chi connectivity index (χ3v) is 10.7. The molecule has 3 saturated heterocycles. The van der Waals surface area contributed by atoms with Crippen LogP contribution in [0.2, 0.25) is 10.0 Å². The largest absolute Gasteiger partial charge is 0.619 e. The third kappa shape index (κ3) is 12.5. The van der Waals surface area contributed by atoms with E-state index in [1.165, 1.54) is 23.1 Å². The third-order valence-electron chi connectivity index (χ3n) is 9.03. The van der Waals surface area contributed by atoms with Crippen molar-refractivity contribution in [3.05, 3.63) is 103 Å². The molecule has 13 nitrogen and oxygen atoms in total. The molecule has 3 aliphatic heterocycles. The molecule has 3 fully saturated rings. The van der Waals surface area contributed by atoms with Gasteiger partial charge in [-0.05, 0) is 87.7 Å². The molecule has 1 aromatic carbocycles. The molecule has 3 aliphatic rings. The Bertz CT molecular complexity index is 2070. The van der Waals surface area contributed by atoms with E-state index in [9.17, 15) is 36.7 Å². The van der Waals surface area contributed by atoms with E-state index in [1.807, 2.05) is 0 Å². The van der Waals surface area contributed by atoms with E-state index in [0.29, 0.717) is 39.0 Å². The van der Waals surface area contributed by atoms with Crippen LogP contribution in [0.4, 0.5) is 32.6 Å². The standard InChI is InChI=1S/C36H36Cl2F2N4O7S.C2HF3O2/c1-21(2)48-30-15-23(6-8-28(30)50-35(39)40)29(16-25-26(37)18-43(47)19-27(25)38)49-34(45)32-9-7-24(52-32)17-44(33-5-3-4-12-41-33)36(46)51-31-20-42-13-10-22(31)11-14-42;3-2(4,5)1(6)7/h3-9,12,15,18-19,21-22,29,31,35H,10-11,13-14,16-17,20H2,1-2H3;(H,6,7)/t29-,31-;/m0./s1. The number of nitrogens with zero attached hydrogens (tertiary/aromatic N) is 4. The van der Waals surface area contributed by atoms with Crippen LogP contribution in [0.15, 0.2) is 67.1 Å². The van der Waals surface area contributed by atoms with E-state index in [0.717, 1.165) is 49.7 Å². The van der Waals surface area contributed by atoms with Gasteiger partial charge in [0.1, 0.15) is 32.9 Å². The Morgan fingerprint density at radius 1 is 1.03 bits per heavy atom. The molecule has 3 aromatic heterocycles. The van der Waals surface area contributed by atoms with E-state index in [1.54, 1.807) is 50.4 Å². The van der Waals surface area contributed by atoms with Crippen molar-refractivity contribution in [2.45, 2.75) is 70.8 Å². The van der Waals surface area contributed by atoms with Crippen molar-refractivity contribution >= 4 is 58.4 Å². The lowest BCUT2D eigenvalue weighted by Crippen LogP contribution is -2.53. The Hall–Kier alpha value is -4.98.